The topological polar surface area (TPSA) is 47.8 Å². The summed E-state index contributed by atoms with van der Waals surface area (Å²) in [6.07, 6.45) is 1.74. The lowest BCUT2D eigenvalue weighted by Gasteiger charge is -1.96. The highest BCUT2D eigenvalue weighted by atomic mass is 16.1. The van der Waals surface area contributed by atoms with E-state index in [2.05, 4.69) is 10.2 Å². The van der Waals surface area contributed by atoms with Gasteiger partial charge in [-0.1, -0.05) is 18.2 Å². The van der Waals surface area contributed by atoms with E-state index in [1.807, 2.05) is 30.3 Å². The molecule has 0 spiro atoms. The van der Waals surface area contributed by atoms with Gasteiger partial charge in [-0.2, -0.15) is 9.90 Å². The molecular formula is C10H8N3O. The fourth-order valence-corrected chi connectivity index (χ4v) is 1.15. The summed E-state index contributed by atoms with van der Waals surface area (Å²) in [6, 6.07) is 9.42. The minimum Gasteiger partial charge on any atom is -0.283 e. The van der Waals surface area contributed by atoms with Gasteiger partial charge in [0.2, 0.25) is 0 Å². The predicted octanol–water partition coefficient (Wildman–Crippen LogP) is 1.03. The first kappa shape index (κ1) is 8.62. The third-order valence-corrected chi connectivity index (χ3v) is 1.87. The summed E-state index contributed by atoms with van der Waals surface area (Å²) in [5.74, 6) is 0. The van der Waals surface area contributed by atoms with Crippen LogP contribution in [-0.4, -0.2) is 21.3 Å². The zero-order valence-electron chi connectivity index (χ0n) is 7.64. The van der Waals surface area contributed by atoms with E-state index >= 15 is 0 Å². The van der Waals surface area contributed by atoms with Gasteiger partial charge in [-0.3, -0.25) is 4.79 Å². The van der Waals surface area contributed by atoms with Gasteiger partial charge < -0.3 is 0 Å². The molecule has 69 valence electrons. The van der Waals surface area contributed by atoms with E-state index in [0.29, 0.717) is 5.69 Å². The molecule has 0 amide bonds. The fraction of sp³-hybridized carbons (Fsp3) is 0.100. The second-order valence-electron chi connectivity index (χ2n) is 2.86. The van der Waals surface area contributed by atoms with Crippen LogP contribution in [0, 0.1) is 6.92 Å². The number of hydrogen-bond acceptors (Lipinski definition) is 3. The van der Waals surface area contributed by atoms with Crippen molar-refractivity contribution in [3.8, 4) is 5.69 Å². The summed E-state index contributed by atoms with van der Waals surface area (Å²) in [6.45, 7) is 1.73. The van der Waals surface area contributed by atoms with Crippen molar-refractivity contribution >= 4 is 6.29 Å². The molecule has 0 saturated carbocycles. The molecule has 0 N–H and O–H groups in total. The number of carbonyl (C=O) groups excluding carboxylic acids is 1. The van der Waals surface area contributed by atoms with Crippen molar-refractivity contribution in [3.05, 3.63) is 41.7 Å². The predicted molar refractivity (Wildman–Crippen MR) is 50.9 cm³/mol. The average molecular weight is 186 g/mol. The van der Waals surface area contributed by atoms with Crippen molar-refractivity contribution in [2.45, 2.75) is 6.92 Å². The Balaban J connectivity index is 2.48. The van der Waals surface area contributed by atoms with Crippen LogP contribution in [0.5, 0.6) is 0 Å². The van der Waals surface area contributed by atoms with Crippen LogP contribution in [0.1, 0.15) is 11.4 Å². The quantitative estimate of drug-likeness (QED) is 0.703. The summed E-state index contributed by atoms with van der Waals surface area (Å²) in [5.41, 5.74) is 1.68. The van der Waals surface area contributed by atoms with E-state index in [4.69, 9.17) is 0 Å². The lowest BCUT2D eigenvalue weighted by Crippen LogP contribution is -1.98. The highest BCUT2D eigenvalue weighted by molar-refractivity contribution is 5.73. The molecule has 1 radical (unpaired) electrons. The van der Waals surface area contributed by atoms with E-state index in [1.54, 1.807) is 13.2 Å². The van der Waals surface area contributed by atoms with Crippen LogP contribution in [0.25, 0.3) is 5.69 Å². The Morgan fingerprint density at radius 2 is 1.93 bits per heavy atom. The fourth-order valence-electron chi connectivity index (χ4n) is 1.15. The maximum absolute atomic E-state index is 10.4. The molecule has 0 bridgehead atoms. The van der Waals surface area contributed by atoms with Crippen LogP contribution >= 0.6 is 0 Å². The average Bonchev–Trinajstić information content (AvgIpc) is 2.61. The molecule has 0 atom stereocenters. The molecule has 1 aromatic heterocycles. The molecule has 1 heterocycles. The normalized spacial score (nSPS) is 10.1. The van der Waals surface area contributed by atoms with E-state index in [-0.39, 0.29) is 5.69 Å². The van der Waals surface area contributed by atoms with Gasteiger partial charge in [0.25, 0.3) is 6.29 Å². The van der Waals surface area contributed by atoms with Crippen LogP contribution < -0.4 is 0 Å². The molecule has 0 aliphatic heterocycles. The summed E-state index contributed by atoms with van der Waals surface area (Å²) in [5, 5.41) is 8.08. The summed E-state index contributed by atoms with van der Waals surface area (Å²) in [4.78, 5) is 11.9. The van der Waals surface area contributed by atoms with E-state index < -0.39 is 0 Å². The second kappa shape index (κ2) is 3.41. The molecule has 4 heteroatoms. The van der Waals surface area contributed by atoms with E-state index in [0.717, 1.165) is 5.69 Å². The highest BCUT2D eigenvalue weighted by Crippen LogP contribution is 2.05. The Bertz CT molecular complexity index is 448. The van der Waals surface area contributed by atoms with Crippen molar-refractivity contribution in [1.82, 2.24) is 15.0 Å². The zero-order chi connectivity index (χ0) is 9.97. The number of aryl methyl sites for hydroxylation is 1. The van der Waals surface area contributed by atoms with Crippen LogP contribution in [0.15, 0.2) is 30.3 Å². The van der Waals surface area contributed by atoms with Gasteiger partial charge in [0.15, 0.2) is 5.69 Å². The molecule has 2 rings (SSSR count). The number of rotatable bonds is 2. The van der Waals surface area contributed by atoms with Crippen molar-refractivity contribution in [1.29, 1.82) is 0 Å². The second-order valence-corrected chi connectivity index (χ2v) is 2.86. The number of para-hydroxylation sites is 1. The number of benzene rings is 1. The van der Waals surface area contributed by atoms with Crippen molar-refractivity contribution in [2.24, 2.45) is 0 Å². The molecule has 0 fully saturated rings. The minimum absolute atomic E-state index is 0.258. The Morgan fingerprint density at radius 1 is 1.21 bits per heavy atom. The van der Waals surface area contributed by atoms with Crippen LogP contribution in [-0.2, 0) is 4.79 Å². The molecule has 14 heavy (non-hydrogen) atoms. The Labute approximate surface area is 81.2 Å². The highest BCUT2D eigenvalue weighted by Gasteiger charge is 2.06. The van der Waals surface area contributed by atoms with Crippen molar-refractivity contribution < 1.29 is 4.79 Å². The van der Waals surface area contributed by atoms with Gasteiger partial charge in [0.05, 0.1) is 11.4 Å². The SMILES string of the molecule is Cc1nn(-c2ccccc2)nc1[C]=O. The zero-order valence-corrected chi connectivity index (χ0v) is 7.64. The standard InChI is InChI=1S/C10H8N3O/c1-8-10(7-14)12-13(11-8)9-5-3-2-4-6-9/h2-6H,1H3. The van der Waals surface area contributed by atoms with Gasteiger partial charge >= 0.3 is 0 Å². The van der Waals surface area contributed by atoms with Gasteiger partial charge in [-0.15, -0.1) is 5.10 Å². The molecular weight excluding hydrogens is 178 g/mol. The Kier molecular flexibility index (Phi) is 2.10. The van der Waals surface area contributed by atoms with Crippen LogP contribution in [0.2, 0.25) is 0 Å². The maximum Gasteiger partial charge on any atom is 0.257 e. The van der Waals surface area contributed by atoms with E-state index in [1.165, 1.54) is 4.80 Å². The first-order chi connectivity index (χ1) is 6.81. The van der Waals surface area contributed by atoms with E-state index in [9.17, 15) is 4.79 Å². The summed E-state index contributed by atoms with van der Waals surface area (Å²) >= 11 is 0. The molecule has 0 aliphatic rings. The van der Waals surface area contributed by atoms with Gasteiger partial charge in [-0.05, 0) is 19.1 Å². The Morgan fingerprint density at radius 3 is 2.50 bits per heavy atom. The van der Waals surface area contributed by atoms with Crippen LogP contribution in [0.4, 0.5) is 0 Å². The molecule has 0 aliphatic carbocycles. The third kappa shape index (κ3) is 1.42. The summed E-state index contributed by atoms with van der Waals surface area (Å²) < 4.78 is 0. The van der Waals surface area contributed by atoms with Gasteiger partial charge in [0.1, 0.15) is 0 Å². The number of hydrogen-bond donors (Lipinski definition) is 0. The monoisotopic (exact) mass is 186 g/mol. The maximum atomic E-state index is 10.4. The number of aromatic nitrogens is 3. The van der Waals surface area contributed by atoms with Gasteiger partial charge in [0, 0.05) is 0 Å². The largest absolute Gasteiger partial charge is 0.283 e. The Hall–Kier alpha value is -1.97. The van der Waals surface area contributed by atoms with Crippen molar-refractivity contribution in [3.63, 3.8) is 0 Å². The lowest BCUT2D eigenvalue weighted by molar-refractivity contribution is 0.560. The van der Waals surface area contributed by atoms with Gasteiger partial charge in [-0.25, -0.2) is 0 Å². The third-order valence-electron chi connectivity index (χ3n) is 1.87. The molecule has 2 aromatic rings. The summed E-state index contributed by atoms with van der Waals surface area (Å²) in [7, 11) is 0. The minimum atomic E-state index is 0.258. The lowest BCUT2D eigenvalue weighted by atomic mass is 10.3. The smallest absolute Gasteiger partial charge is 0.257 e. The molecule has 4 nitrogen and oxygen atoms in total. The molecule has 0 saturated heterocycles. The first-order valence-corrected chi connectivity index (χ1v) is 4.19. The van der Waals surface area contributed by atoms with Crippen molar-refractivity contribution in [2.75, 3.05) is 0 Å². The van der Waals surface area contributed by atoms with Crippen LogP contribution in [0.3, 0.4) is 0 Å². The molecule has 0 unspecified atom stereocenters. The number of nitrogens with zero attached hydrogens (tertiary/aromatic N) is 3. The first-order valence-electron chi connectivity index (χ1n) is 4.19. The molecule has 1 aromatic carbocycles.